The molecule has 2 aromatic carbocycles. The number of benzene rings is 2. The van der Waals surface area contributed by atoms with E-state index < -0.39 is 24.0 Å². The minimum absolute atomic E-state index is 0.0735. The molecule has 2 aliphatic carbocycles. The Morgan fingerprint density at radius 2 is 1.70 bits per heavy atom. The molecule has 1 amide bonds. The molecule has 2 aromatic rings. The van der Waals surface area contributed by atoms with E-state index in [9.17, 15) is 14.7 Å². The molecule has 140 valence electrons. The fraction of sp³-hybridized carbons (Fsp3) is 0.364. The fourth-order valence-electron chi connectivity index (χ4n) is 3.90. The molecule has 2 aliphatic rings. The van der Waals surface area contributed by atoms with Crippen LogP contribution in [0.5, 0.6) is 0 Å². The van der Waals surface area contributed by atoms with Crippen molar-refractivity contribution in [3.8, 4) is 11.1 Å². The Kier molecular flexibility index (Phi) is 4.50. The Bertz CT molecular complexity index is 863. The van der Waals surface area contributed by atoms with Crippen LogP contribution in [0.25, 0.3) is 11.1 Å². The average molecular weight is 366 g/mol. The minimum atomic E-state index is -1.13. The first-order valence-corrected chi connectivity index (χ1v) is 9.31. The van der Waals surface area contributed by atoms with Gasteiger partial charge in [0.25, 0.3) is 0 Å². The van der Waals surface area contributed by atoms with Crippen molar-refractivity contribution >= 4 is 12.1 Å². The number of rotatable bonds is 6. The molecule has 1 fully saturated rings. The van der Waals surface area contributed by atoms with Crippen molar-refractivity contribution in [3.63, 3.8) is 0 Å². The summed E-state index contributed by atoms with van der Waals surface area (Å²) in [6.45, 7) is 0.137. The second kappa shape index (κ2) is 7.43. The quantitative estimate of drug-likeness (QED) is 0.805. The number of ether oxygens (including phenoxy) is 1. The first kappa shape index (κ1) is 16.4. The number of nitrogens with one attached hydrogen (secondary N) is 1. The lowest BCUT2D eigenvalue weighted by atomic mass is 9.81. The predicted octanol–water partition coefficient (Wildman–Crippen LogP) is 4.17. The molecule has 1 atom stereocenters. The largest absolute Gasteiger partial charge is 0.480 e. The predicted molar refractivity (Wildman–Crippen MR) is 102 cm³/mol. The minimum Gasteiger partial charge on any atom is -0.480 e. The van der Waals surface area contributed by atoms with Gasteiger partial charge in [-0.2, -0.15) is 0 Å². The van der Waals surface area contributed by atoms with Crippen molar-refractivity contribution in [2.45, 2.75) is 37.6 Å². The highest BCUT2D eigenvalue weighted by Crippen LogP contribution is 2.44. The van der Waals surface area contributed by atoms with Crippen LogP contribution in [-0.2, 0) is 9.53 Å². The lowest BCUT2D eigenvalue weighted by Crippen LogP contribution is -2.43. The SMILES string of the molecule is [2H]C1(C[C@H](NC(=O)OCC2c3ccccc3-c3ccccc32)C(=O)O)CCC1. The Morgan fingerprint density at radius 1 is 1.11 bits per heavy atom. The number of aliphatic carboxylic acids is 1. The summed E-state index contributed by atoms with van der Waals surface area (Å²) in [6.07, 6.45) is 1.62. The molecule has 1 saturated carbocycles. The van der Waals surface area contributed by atoms with E-state index in [4.69, 9.17) is 6.11 Å². The highest BCUT2D eigenvalue weighted by atomic mass is 16.5. The van der Waals surface area contributed by atoms with E-state index in [1.54, 1.807) is 0 Å². The monoisotopic (exact) mass is 366 g/mol. The summed E-state index contributed by atoms with van der Waals surface area (Å²) in [7, 11) is 0. The fourth-order valence-corrected chi connectivity index (χ4v) is 3.90. The summed E-state index contributed by atoms with van der Waals surface area (Å²) in [6, 6.07) is 15.0. The van der Waals surface area contributed by atoms with Gasteiger partial charge >= 0.3 is 12.1 Å². The number of amides is 1. The summed E-state index contributed by atoms with van der Waals surface area (Å²) in [5, 5.41) is 11.8. The smallest absolute Gasteiger partial charge is 0.407 e. The Balaban J connectivity index is 1.42. The third-order valence-corrected chi connectivity index (χ3v) is 5.49. The molecular formula is C22H23NO4. The maximum atomic E-state index is 12.3. The number of carboxylic acids is 1. The van der Waals surface area contributed by atoms with Gasteiger partial charge in [-0.15, -0.1) is 0 Å². The van der Waals surface area contributed by atoms with Crippen LogP contribution in [0, 0.1) is 5.89 Å². The van der Waals surface area contributed by atoms with Gasteiger partial charge in [-0.05, 0) is 34.6 Å². The van der Waals surface area contributed by atoms with Gasteiger partial charge in [0.1, 0.15) is 12.6 Å². The molecule has 0 saturated heterocycles. The molecule has 0 unspecified atom stereocenters. The van der Waals surface area contributed by atoms with E-state index in [0.29, 0.717) is 12.8 Å². The maximum absolute atomic E-state index is 12.3. The standard InChI is InChI=1S/C22H23NO4/c24-21(25)20(12-14-6-5-7-14)23-22(26)27-13-19-17-10-3-1-8-15(17)16-9-2-4-11-18(16)19/h1-4,8-11,14,19-20H,5-7,12-13H2,(H,23,26)(H,24,25)/t20-/m0/s1/i14D. The molecule has 0 aromatic heterocycles. The van der Waals surface area contributed by atoms with Crippen molar-refractivity contribution in [2.24, 2.45) is 5.89 Å². The second-order valence-corrected chi connectivity index (χ2v) is 7.17. The molecule has 0 aliphatic heterocycles. The highest BCUT2D eigenvalue weighted by Gasteiger charge is 2.31. The van der Waals surface area contributed by atoms with Gasteiger partial charge in [0, 0.05) is 7.29 Å². The number of carbonyl (C=O) groups is 2. The van der Waals surface area contributed by atoms with Crippen LogP contribution >= 0.6 is 0 Å². The lowest BCUT2D eigenvalue weighted by Gasteiger charge is -2.28. The average Bonchev–Trinajstić information content (AvgIpc) is 2.98. The highest BCUT2D eigenvalue weighted by molar-refractivity contribution is 5.81. The second-order valence-electron chi connectivity index (χ2n) is 7.17. The molecule has 4 rings (SSSR count). The third-order valence-electron chi connectivity index (χ3n) is 5.49. The van der Waals surface area contributed by atoms with Crippen LogP contribution in [-0.4, -0.2) is 29.8 Å². The van der Waals surface area contributed by atoms with Gasteiger partial charge < -0.3 is 15.2 Å². The first-order valence-electron chi connectivity index (χ1n) is 9.81. The zero-order valence-electron chi connectivity index (χ0n) is 16.0. The first-order chi connectivity index (χ1) is 13.5. The van der Waals surface area contributed by atoms with Gasteiger partial charge in [-0.1, -0.05) is 67.8 Å². The molecule has 0 bridgehead atoms. The number of carbonyl (C=O) groups excluding carboxylic acids is 1. The van der Waals surface area contributed by atoms with Gasteiger partial charge in [0.05, 0.1) is 0 Å². The summed E-state index contributed by atoms with van der Waals surface area (Å²) in [5.41, 5.74) is 4.48. The van der Waals surface area contributed by atoms with E-state index in [2.05, 4.69) is 17.4 Å². The molecule has 0 radical (unpaired) electrons. The molecule has 27 heavy (non-hydrogen) atoms. The summed E-state index contributed by atoms with van der Waals surface area (Å²) >= 11 is 0. The van der Waals surface area contributed by atoms with E-state index >= 15 is 0 Å². The van der Waals surface area contributed by atoms with Gasteiger partial charge in [-0.25, -0.2) is 9.59 Å². The number of carboxylic acid groups (broad SMARTS) is 1. The Hall–Kier alpha value is -2.82. The third kappa shape index (κ3) is 3.54. The Labute approximate surface area is 159 Å². The van der Waals surface area contributed by atoms with Gasteiger partial charge in [0.15, 0.2) is 0 Å². The van der Waals surface area contributed by atoms with Crippen LogP contribution in [0.1, 0.15) is 44.1 Å². The van der Waals surface area contributed by atoms with Crippen LogP contribution in [0.3, 0.4) is 0 Å². The van der Waals surface area contributed by atoms with E-state index in [1.807, 2.05) is 36.4 Å². The topological polar surface area (TPSA) is 75.6 Å². The van der Waals surface area contributed by atoms with Crippen LogP contribution in [0.2, 0.25) is 0 Å². The van der Waals surface area contributed by atoms with Crippen LogP contribution < -0.4 is 5.32 Å². The summed E-state index contributed by atoms with van der Waals surface area (Å²) in [4.78, 5) is 23.8. The number of hydrogen-bond donors (Lipinski definition) is 2. The summed E-state index contributed by atoms with van der Waals surface area (Å²) in [5.74, 6) is -1.96. The molecule has 5 nitrogen and oxygen atoms in total. The maximum Gasteiger partial charge on any atom is 0.407 e. The molecule has 0 spiro atoms. The van der Waals surface area contributed by atoms with Crippen LogP contribution in [0.4, 0.5) is 4.79 Å². The molecule has 0 heterocycles. The summed E-state index contributed by atoms with van der Waals surface area (Å²) < 4.78 is 13.6. The van der Waals surface area contributed by atoms with E-state index in [1.165, 1.54) is 0 Å². The van der Waals surface area contributed by atoms with Gasteiger partial charge in [0.2, 0.25) is 0 Å². The zero-order chi connectivity index (χ0) is 19.7. The van der Waals surface area contributed by atoms with Crippen molar-refractivity contribution in [1.82, 2.24) is 5.32 Å². The van der Waals surface area contributed by atoms with Gasteiger partial charge in [-0.3, -0.25) is 0 Å². The van der Waals surface area contributed by atoms with Crippen molar-refractivity contribution in [1.29, 1.82) is 0 Å². The molecule has 5 heteroatoms. The number of alkyl carbamates (subject to hydrolysis) is 1. The van der Waals surface area contributed by atoms with Crippen molar-refractivity contribution < 1.29 is 20.8 Å². The van der Waals surface area contributed by atoms with Crippen molar-refractivity contribution in [3.05, 3.63) is 59.7 Å². The van der Waals surface area contributed by atoms with E-state index in [-0.39, 0.29) is 18.9 Å². The van der Waals surface area contributed by atoms with Crippen molar-refractivity contribution in [2.75, 3.05) is 6.61 Å². The lowest BCUT2D eigenvalue weighted by molar-refractivity contribution is -0.140. The normalized spacial score (nSPS) is 18.4. The zero-order valence-corrected chi connectivity index (χ0v) is 15.0. The number of fused-ring (bicyclic) bond motifs is 3. The molecule has 2 N–H and O–H groups in total. The van der Waals surface area contributed by atoms with E-state index in [0.717, 1.165) is 28.7 Å². The molecular weight excluding hydrogens is 342 g/mol. The van der Waals surface area contributed by atoms with Crippen LogP contribution in [0.15, 0.2) is 48.5 Å². The number of hydrogen-bond acceptors (Lipinski definition) is 3. The Morgan fingerprint density at radius 3 is 2.22 bits per heavy atom.